The van der Waals surface area contributed by atoms with Crippen LogP contribution in [0.5, 0.6) is 92.0 Å². The van der Waals surface area contributed by atoms with Crippen LogP contribution in [0.1, 0.15) is 51.8 Å². The SMILES string of the molecule is COC(=O)c1cc(OC)c(OC)c(OC)c1Oc1cc2c(c(OC)c1OC)-c1c(cc(OC)c(OC)c1OC)C(=O)OC[C@H]1OC(O)[C@H]3OC(=O)c4cc(OC)c(OC)c(OC)c4-c4c(cc(OC)c(OC)c4OC)C(=O)O[C@H]3[C@H]1OC2=O. The number of fused-ring (bicyclic) bond motifs is 9. The predicted octanol–water partition coefficient (Wildman–Crippen LogP) is 5.90. The van der Waals surface area contributed by atoms with Crippen LogP contribution >= 0.6 is 0 Å². The maximum Gasteiger partial charge on any atom is 0.341 e. The van der Waals surface area contributed by atoms with Gasteiger partial charge in [-0.1, -0.05) is 0 Å². The zero-order chi connectivity index (χ0) is 60.3. The van der Waals surface area contributed by atoms with Crippen LogP contribution in [0.4, 0.5) is 0 Å². The van der Waals surface area contributed by atoms with E-state index < -0.39 is 78.5 Å². The van der Waals surface area contributed by atoms with Crippen molar-refractivity contribution >= 4 is 29.8 Å². The van der Waals surface area contributed by atoms with E-state index >= 15 is 14.4 Å². The zero-order valence-corrected chi connectivity index (χ0v) is 47.5. The fraction of sp³-hybridized carbons (Fsp3) is 0.375. The summed E-state index contributed by atoms with van der Waals surface area (Å²) in [6, 6.07) is 6.04. The van der Waals surface area contributed by atoms with E-state index in [4.69, 9.17) is 99.5 Å². The monoisotopic (exact) mass is 1160 g/mol. The van der Waals surface area contributed by atoms with Crippen LogP contribution in [0.3, 0.4) is 0 Å². The van der Waals surface area contributed by atoms with Gasteiger partial charge in [0.15, 0.2) is 82.1 Å². The molecule has 0 amide bonds. The molecule has 27 heteroatoms. The fourth-order valence-electron chi connectivity index (χ4n) is 10.0. The van der Waals surface area contributed by atoms with Crippen molar-refractivity contribution in [3.63, 3.8) is 0 Å². The minimum atomic E-state index is -2.24. The second-order valence-electron chi connectivity index (χ2n) is 17.5. The number of carbonyl (C=O) groups is 5. The van der Waals surface area contributed by atoms with E-state index in [2.05, 4.69) is 0 Å². The van der Waals surface area contributed by atoms with Gasteiger partial charge in [-0.3, -0.25) is 0 Å². The average Bonchev–Trinajstić information content (AvgIpc) is 2.87. The van der Waals surface area contributed by atoms with Crippen LogP contribution < -0.4 is 71.1 Å². The first kappa shape index (κ1) is 59.5. The van der Waals surface area contributed by atoms with Crippen molar-refractivity contribution in [3.05, 3.63) is 58.1 Å². The molecular weight excluding hydrogens is 1100 g/mol. The van der Waals surface area contributed by atoms with Crippen LogP contribution in [0.2, 0.25) is 0 Å². The summed E-state index contributed by atoms with van der Waals surface area (Å²) in [6.07, 6.45) is -10.2. The first-order chi connectivity index (χ1) is 40.0. The third-order valence-corrected chi connectivity index (χ3v) is 13.6. The van der Waals surface area contributed by atoms with Gasteiger partial charge in [0.05, 0.1) is 129 Å². The van der Waals surface area contributed by atoms with Crippen molar-refractivity contribution in [1.29, 1.82) is 0 Å². The van der Waals surface area contributed by atoms with Crippen molar-refractivity contribution in [1.82, 2.24) is 0 Å². The highest BCUT2D eigenvalue weighted by atomic mass is 16.7. The molecule has 5 atom stereocenters. The number of aliphatic hydroxyl groups is 1. The fourth-order valence-corrected chi connectivity index (χ4v) is 10.0. The lowest BCUT2D eigenvalue weighted by Gasteiger charge is -2.43. The number of hydrogen-bond acceptors (Lipinski definition) is 27. The molecule has 83 heavy (non-hydrogen) atoms. The Balaban J connectivity index is 1.43. The predicted molar refractivity (Wildman–Crippen MR) is 282 cm³/mol. The molecule has 1 saturated heterocycles. The van der Waals surface area contributed by atoms with Crippen LogP contribution in [-0.2, 0) is 28.4 Å². The van der Waals surface area contributed by atoms with E-state index in [-0.39, 0.29) is 131 Å². The van der Waals surface area contributed by atoms with E-state index in [9.17, 15) is 14.7 Å². The van der Waals surface area contributed by atoms with Gasteiger partial charge in [-0.2, -0.15) is 0 Å². The number of methoxy groups -OCH3 is 15. The Morgan fingerprint density at radius 2 is 0.711 bits per heavy atom. The summed E-state index contributed by atoms with van der Waals surface area (Å²) in [7, 11) is 18.9. The molecule has 444 valence electrons. The molecule has 5 aromatic rings. The molecule has 0 saturated carbocycles. The van der Waals surface area contributed by atoms with Gasteiger partial charge < -0.3 is 105 Å². The number of aliphatic hydroxyl groups excluding tert-OH is 1. The number of benzene rings is 5. The summed E-state index contributed by atoms with van der Waals surface area (Å²) >= 11 is 0. The summed E-state index contributed by atoms with van der Waals surface area (Å²) in [5, 5.41) is 12.0. The Hall–Kier alpha value is -9.63. The van der Waals surface area contributed by atoms with Crippen LogP contribution in [0, 0.1) is 0 Å². The van der Waals surface area contributed by atoms with Crippen molar-refractivity contribution in [3.8, 4) is 114 Å². The lowest BCUT2D eigenvalue weighted by molar-refractivity contribution is -0.284. The third kappa shape index (κ3) is 9.99. The number of esters is 5. The van der Waals surface area contributed by atoms with Crippen molar-refractivity contribution < 1.29 is 129 Å². The smallest absolute Gasteiger partial charge is 0.341 e. The second-order valence-corrected chi connectivity index (χ2v) is 17.5. The molecule has 1 unspecified atom stereocenters. The highest BCUT2D eigenvalue weighted by Crippen LogP contribution is 2.58. The lowest BCUT2D eigenvalue weighted by Crippen LogP contribution is -2.62. The summed E-state index contributed by atoms with van der Waals surface area (Å²) in [5.41, 5.74) is -2.79. The maximum atomic E-state index is 15.9. The number of carbonyl (C=O) groups excluding carboxylic acids is 5. The Morgan fingerprint density at radius 1 is 0.386 bits per heavy atom. The van der Waals surface area contributed by atoms with E-state index in [1.54, 1.807) is 0 Å². The molecule has 0 radical (unpaired) electrons. The van der Waals surface area contributed by atoms with Gasteiger partial charge in [0.2, 0.25) is 34.5 Å². The maximum absolute atomic E-state index is 15.9. The summed E-state index contributed by atoms with van der Waals surface area (Å²) < 4.78 is 123. The standard InChI is InChI=1S/C56H58O27/c1-63-27-16-22-33(44(72-10)38(27)67-5)36-25(19-31(42(71-9)47(36)75-13)79-37-26(51(57)77-15)20-30(66-4)41(70-8)48(37)76-14)53(59)81-43-32(21-78-52(22)58)80-56(62)50-49(43)82-54(60)23-17-28(64-2)39(68-6)45(73-11)34(23)35-24(55(61)83-50)18-29(65-3)40(69-7)46(35)74-12/h16-20,32,43,49-50,56,62H,21H2,1-15H3/t32-,43+,49+,50+,56?/m1/s1. The Bertz CT molecular complexity index is 3390. The summed E-state index contributed by atoms with van der Waals surface area (Å²) in [6.45, 7) is -0.869. The zero-order valence-electron chi connectivity index (χ0n) is 47.5. The molecule has 1 N–H and O–H groups in total. The number of cyclic esters (lactones) is 1. The Labute approximate surface area is 473 Å². The number of hydrogen-bond donors (Lipinski definition) is 1. The molecule has 0 bridgehead atoms. The minimum Gasteiger partial charge on any atom is -0.493 e. The van der Waals surface area contributed by atoms with E-state index in [1.165, 1.54) is 124 Å². The quantitative estimate of drug-likeness (QED) is 0.0837. The van der Waals surface area contributed by atoms with E-state index in [0.717, 1.165) is 13.2 Å². The molecule has 0 spiro atoms. The van der Waals surface area contributed by atoms with Crippen molar-refractivity contribution in [2.45, 2.75) is 30.7 Å². The van der Waals surface area contributed by atoms with Gasteiger partial charge in [0.25, 0.3) is 0 Å². The first-order valence-electron chi connectivity index (χ1n) is 24.5. The third-order valence-electron chi connectivity index (χ3n) is 13.6. The van der Waals surface area contributed by atoms with Crippen LogP contribution in [-0.4, -0.2) is 179 Å². The van der Waals surface area contributed by atoms with Crippen molar-refractivity contribution in [2.24, 2.45) is 0 Å². The first-order valence-corrected chi connectivity index (χ1v) is 24.5. The van der Waals surface area contributed by atoms with Gasteiger partial charge in [-0.25, -0.2) is 24.0 Å². The molecule has 5 aromatic carbocycles. The molecule has 1 fully saturated rings. The molecule has 8 rings (SSSR count). The molecule has 0 aliphatic carbocycles. The summed E-state index contributed by atoms with van der Waals surface area (Å²) in [5.74, 6) is -8.43. The van der Waals surface area contributed by atoms with Crippen LogP contribution in [0.25, 0.3) is 22.3 Å². The lowest BCUT2D eigenvalue weighted by atomic mass is 9.90. The van der Waals surface area contributed by atoms with Crippen molar-refractivity contribution in [2.75, 3.05) is 113 Å². The topological polar surface area (TPSA) is 299 Å². The minimum absolute atomic E-state index is 0.0247. The van der Waals surface area contributed by atoms with Gasteiger partial charge >= 0.3 is 29.8 Å². The molecule has 3 aliphatic rings. The summed E-state index contributed by atoms with van der Waals surface area (Å²) in [4.78, 5) is 74.8. The largest absolute Gasteiger partial charge is 0.493 e. The molecule has 3 heterocycles. The highest BCUT2D eigenvalue weighted by Gasteiger charge is 2.54. The number of rotatable bonds is 17. The highest BCUT2D eigenvalue weighted by molar-refractivity contribution is 6.10. The number of ether oxygens (including phenoxy) is 21. The molecule has 3 aliphatic heterocycles. The average molecular weight is 1160 g/mol. The molecule has 0 aromatic heterocycles. The normalized spacial score (nSPS) is 18.0. The Kier molecular flexibility index (Phi) is 17.6. The second kappa shape index (κ2) is 24.6. The molecular formula is C56H58O27. The van der Waals surface area contributed by atoms with Crippen LogP contribution in [0.15, 0.2) is 30.3 Å². The van der Waals surface area contributed by atoms with Gasteiger partial charge in [0.1, 0.15) is 18.3 Å². The van der Waals surface area contributed by atoms with Gasteiger partial charge in [0, 0.05) is 34.4 Å². The van der Waals surface area contributed by atoms with Gasteiger partial charge in [-0.05, 0) is 18.2 Å². The van der Waals surface area contributed by atoms with E-state index in [0.29, 0.717) is 0 Å². The van der Waals surface area contributed by atoms with E-state index in [1.807, 2.05) is 0 Å². The molecule has 27 nitrogen and oxygen atoms in total. The van der Waals surface area contributed by atoms with Gasteiger partial charge in [-0.15, -0.1) is 0 Å². The Morgan fingerprint density at radius 3 is 1.08 bits per heavy atom.